The van der Waals surface area contributed by atoms with E-state index in [-0.39, 0.29) is 5.91 Å². The highest BCUT2D eigenvalue weighted by Crippen LogP contribution is 2.19. The van der Waals surface area contributed by atoms with Crippen LogP contribution in [0.5, 0.6) is 0 Å². The van der Waals surface area contributed by atoms with Crippen LogP contribution in [-0.2, 0) is 0 Å². The number of pyridine rings is 1. The van der Waals surface area contributed by atoms with E-state index < -0.39 is 0 Å². The summed E-state index contributed by atoms with van der Waals surface area (Å²) >= 11 is 0. The van der Waals surface area contributed by atoms with E-state index in [1.54, 1.807) is 6.07 Å². The van der Waals surface area contributed by atoms with Gasteiger partial charge in [-0.1, -0.05) is 13.8 Å². The van der Waals surface area contributed by atoms with Gasteiger partial charge in [-0.15, -0.1) is 0 Å². The second-order valence-corrected chi connectivity index (χ2v) is 5.34. The summed E-state index contributed by atoms with van der Waals surface area (Å²) in [6.45, 7) is 9.88. The molecule has 1 amide bonds. The molecular formula is C15H24N4O. The Bertz CT molecular complexity index is 465. The van der Waals surface area contributed by atoms with Gasteiger partial charge in [-0.25, -0.2) is 4.98 Å². The summed E-state index contributed by atoms with van der Waals surface area (Å²) in [6.07, 6.45) is 1.05. The molecule has 0 aliphatic carbocycles. The highest BCUT2D eigenvalue weighted by Gasteiger charge is 2.29. The number of nitrogens with zero attached hydrogens (tertiary/aromatic N) is 3. The zero-order chi connectivity index (χ0) is 14.7. The molecule has 1 unspecified atom stereocenters. The van der Waals surface area contributed by atoms with E-state index in [4.69, 9.17) is 5.73 Å². The highest BCUT2D eigenvalue weighted by molar-refractivity contribution is 5.95. The van der Waals surface area contributed by atoms with Crippen LogP contribution in [0.2, 0.25) is 0 Å². The second-order valence-electron chi connectivity index (χ2n) is 5.34. The van der Waals surface area contributed by atoms with E-state index in [1.807, 2.05) is 17.9 Å². The maximum absolute atomic E-state index is 12.5. The van der Waals surface area contributed by atoms with Gasteiger partial charge in [-0.05, 0) is 38.6 Å². The lowest BCUT2D eigenvalue weighted by Crippen LogP contribution is -2.38. The summed E-state index contributed by atoms with van der Waals surface area (Å²) in [4.78, 5) is 21.0. The van der Waals surface area contributed by atoms with Crippen molar-refractivity contribution in [1.29, 1.82) is 0 Å². The van der Waals surface area contributed by atoms with Crippen molar-refractivity contribution in [2.45, 2.75) is 33.2 Å². The molecule has 0 bridgehead atoms. The molecule has 0 spiro atoms. The Morgan fingerprint density at radius 2 is 2.15 bits per heavy atom. The lowest BCUT2D eigenvalue weighted by molar-refractivity contribution is 0.0778. The number of likely N-dealkylation sites (N-methyl/N-ethyl adjacent to an activating group) is 1. The molecule has 5 nitrogen and oxygen atoms in total. The summed E-state index contributed by atoms with van der Waals surface area (Å²) in [5.74, 6) is 0.477. The second kappa shape index (κ2) is 6.22. The van der Waals surface area contributed by atoms with Crippen LogP contribution in [0.25, 0.3) is 0 Å². The first-order valence-electron chi connectivity index (χ1n) is 7.32. The summed E-state index contributed by atoms with van der Waals surface area (Å²) < 4.78 is 0. The quantitative estimate of drug-likeness (QED) is 0.906. The first-order valence-corrected chi connectivity index (χ1v) is 7.32. The lowest BCUT2D eigenvalue weighted by Gasteiger charge is -2.26. The smallest absolute Gasteiger partial charge is 0.254 e. The number of anilines is 1. The van der Waals surface area contributed by atoms with Gasteiger partial charge in [0.2, 0.25) is 0 Å². The molecule has 1 aromatic rings. The Kier molecular flexibility index (Phi) is 4.60. The molecule has 0 radical (unpaired) electrons. The third kappa shape index (κ3) is 3.10. The number of nitrogens with two attached hydrogens (primary N) is 1. The van der Waals surface area contributed by atoms with E-state index >= 15 is 0 Å². The topological polar surface area (TPSA) is 62.5 Å². The van der Waals surface area contributed by atoms with Crippen molar-refractivity contribution in [2.75, 3.05) is 31.9 Å². The standard InChI is InChI=1S/C15H24N4O/c1-4-18(5-2)13-6-7-19(10-13)15(20)12-8-11(3)17-14(16)9-12/h8-9,13H,4-7,10H2,1-3H3,(H2,16,17). The summed E-state index contributed by atoms with van der Waals surface area (Å²) in [5.41, 5.74) is 7.16. The van der Waals surface area contributed by atoms with Gasteiger partial charge in [0, 0.05) is 30.4 Å². The van der Waals surface area contributed by atoms with Crippen molar-refractivity contribution in [3.05, 3.63) is 23.4 Å². The van der Waals surface area contributed by atoms with Gasteiger partial charge < -0.3 is 10.6 Å². The van der Waals surface area contributed by atoms with Crippen molar-refractivity contribution < 1.29 is 4.79 Å². The fourth-order valence-corrected chi connectivity index (χ4v) is 2.96. The van der Waals surface area contributed by atoms with Crippen molar-refractivity contribution in [3.63, 3.8) is 0 Å². The normalized spacial score (nSPS) is 18.8. The number of carbonyl (C=O) groups excluding carboxylic acids is 1. The van der Waals surface area contributed by atoms with Gasteiger partial charge in [0.15, 0.2) is 0 Å². The lowest BCUT2D eigenvalue weighted by atomic mass is 10.2. The Balaban J connectivity index is 2.07. The molecular weight excluding hydrogens is 252 g/mol. The summed E-state index contributed by atoms with van der Waals surface area (Å²) in [5, 5.41) is 0. The Labute approximate surface area is 120 Å². The molecule has 5 heteroatoms. The number of amides is 1. The number of hydrogen-bond donors (Lipinski definition) is 1. The van der Waals surface area contributed by atoms with Gasteiger partial charge in [-0.3, -0.25) is 9.69 Å². The molecule has 2 N–H and O–H groups in total. The molecule has 1 fully saturated rings. The van der Waals surface area contributed by atoms with Crippen LogP contribution < -0.4 is 5.73 Å². The highest BCUT2D eigenvalue weighted by atomic mass is 16.2. The molecule has 1 aliphatic heterocycles. The maximum Gasteiger partial charge on any atom is 0.254 e. The van der Waals surface area contributed by atoms with Gasteiger partial charge >= 0.3 is 0 Å². The number of aromatic nitrogens is 1. The fourth-order valence-electron chi connectivity index (χ4n) is 2.96. The molecule has 1 saturated heterocycles. The molecule has 0 saturated carbocycles. The third-order valence-corrected chi connectivity index (χ3v) is 4.00. The maximum atomic E-state index is 12.5. The summed E-state index contributed by atoms with van der Waals surface area (Å²) in [6, 6.07) is 3.96. The van der Waals surface area contributed by atoms with Crippen LogP contribution in [0.15, 0.2) is 12.1 Å². The molecule has 2 rings (SSSR count). The molecule has 1 atom stereocenters. The fraction of sp³-hybridized carbons (Fsp3) is 0.600. The van der Waals surface area contributed by atoms with Crippen molar-refractivity contribution in [2.24, 2.45) is 0 Å². The van der Waals surface area contributed by atoms with Crippen LogP contribution in [0.1, 0.15) is 36.3 Å². The van der Waals surface area contributed by atoms with E-state index in [2.05, 4.69) is 23.7 Å². The predicted octanol–water partition coefficient (Wildman–Crippen LogP) is 1.53. The molecule has 1 aliphatic rings. The number of hydrogen-bond acceptors (Lipinski definition) is 4. The van der Waals surface area contributed by atoms with Crippen molar-refractivity contribution in [3.8, 4) is 0 Å². The average molecular weight is 276 g/mol. The Hall–Kier alpha value is -1.62. The van der Waals surface area contributed by atoms with Crippen molar-refractivity contribution >= 4 is 11.7 Å². The van der Waals surface area contributed by atoms with Gasteiger partial charge in [0.05, 0.1) is 0 Å². The Morgan fingerprint density at radius 1 is 1.45 bits per heavy atom. The number of aryl methyl sites for hydroxylation is 1. The zero-order valence-corrected chi connectivity index (χ0v) is 12.6. The minimum atomic E-state index is 0.0665. The number of carbonyl (C=O) groups is 1. The monoisotopic (exact) mass is 276 g/mol. The summed E-state index contributed by atoms with van der Waals surface area (Å²) in [7, 11) is 0. The molecule has 110 valence electrons. The van der Waals surface area contributed by atoms with Crippen LogP contribution >= 0.6 is 0 Å². The van der Waals surface area contributed by atoms with Gasteiger partial charge in [0.25, 0.3) is 5.91 Å². The molecule has 1 aromatic heterocycles. The average Bonchev–Trinajstić information content (AvgIpc) is 2.88. The van der Waals surface area contributed by atoms with E-state index in [9.17, 15) is 4.79 Å². The van der Waals surface area contributed by atoms with Crippen LogP contribution in [0.3, 0.4) is 0 Å². The van der Waals surface area contributed by atoms with E-state index in [0.29, 0.717) is 17.4 Å². The number of nitrogen functional groups attached to an aromatic ring is 1. The first-order chi connectivity index (χ1) is 9.55. The van der Waals surface area contributed by atoms with Crippen molar-refractivity contribution in [1.82, 2.24) is 14.8 Å². The minimum absolute atomic E-state index is 0.0665. The number of rotatable bonds is 4. The SMILES string of the molecule is CCN(CC)C1CCN(C(=O)c2cc(C)nc(N)c2)C1. The van der Waals surface area contributed by atoms with Crippen LogP contribution in [-0.4, -0.2) is 52.9 Å². The number of likely N-dealkylation sites (tertiary alicyclic amines) is 1. The molecule has 20 heavy (non-hydrogen) atoms. The minimum Gasteiger partial charge on any atom is -0.384 e. The first kappa shape index (κ1) is 14.8. The van der Waals surface area contributed by atoms with Crippen LogP contribution in [0, 0.1) is 6.92 Å². The molecule has 0 aromatic carbocycles. The zero-order valence-electron chi connectivity index (χ0n) is 12.6. The van der Waals surface area contributed by atoms with E-state index in [1.165, 1.54) is 0 Å². The van der Waals surface area contributed by atoms with E-state index in [0.717, 1.165) is 38.3 Å². The third-order valence-electron chi connectivity index (χ3n) is 4.00. The van der Waals surface area contributed by atoms with Crippen LogP contribution in [0.4, 0.5) is 5.82 Å². The van der Waals surface area contributed by atoms with Gasteiger partial charge in [0.1, 0.15) is 5.82 Å². The van der Waals surface area contributed by atoms with Gasteiger partial charge in [-0.2, -0.15) is 0 Å². The largest absolute Gasteiger partial charge is 0.384 e. The predicted molar refractivity (Wildman–Crippen MR) is 80.6 cm³/mol. The molecule has 2 heterocycles. The Morgan fingerprint density at radius 3 is 2.75 bits per heavy atom.